The second-order valence-electron chi connectivity index (χ2n) is 12.5. The maximum absolute atomic E-state index is 15.4. The number of nitrogens with zero attached hydrogens (tertiary/aromatic N) is 4. The number of phenolic OH excluding ortho intramolecular Hbond substituents is 1. The van der Waals surface area contributed by atoms with Crippen molar-refractivity contribution in [2.24, 2.45) is 0 Å². The van der Waals surface area contributed by atoms with Crippen LogP contribution in [-0.2, 0) is 11.2 Å². The van der Waals surface area contributed by atoms with Crippen LogP contribution in [0.5, 0.6) is 11.8 Å². The van der Waals surface area contributed by atoms with Crippen molar-refractivity contribution in [1.82, 2.24) is 20.3 Å². The van der Waals surface area contributed by atoms with Gasteiger partial charge in [0.2, 0.25) is 5.91 Å². The first-order valence-electron chi connectivity index (χ1n) is 14.4. The zero-order valence-electron chi connectivity index (χ0n) is 24.4. The largest absolute Gasteiger partial charge is 0.508 e. The van der Waals surface area contributed by atoms with Gasteiger partial charge in [-0.1, -0.05) is 6.07 Å². The number of fused-ring (bicyclic) bond motifs is 5. The lowest BCUT2D eigenvalue weighted by Crippen LogP contribution is -2.57. The van der Waals surface area contributed by atoms with Crippen LogP contribution in [0, 0.1) is 12.7 Å². The summed E-state index contributed by atoms with van der Waals surface area (Å²) in [5, 5.41) is 26.3. The van der Waals surface area contributed by atoms with Crippen LogP contribution < -0.4 is 15.0 Å². The van der Waals surface area contributed by atoms with Crippen molar-refractivity contribution in [3.63, 3.8) is 0 Å². The lowest BCUT2D eigenvalue weighted by Gasteiger charge is -2.42. The molecule has 0 aliphatic carbocycles. The van der Waals surface area contributed by atoms with E-state index in [0.29, 0.717) is 63.7 Å². The molecule has 0 radical (unpaired) electrons. The summed E-state index contributed by atoms with van der Waals surface area (Å²) in [6, 6.07) is 6.39. The number of phenols is 1. The second kappa shape index (κ2) is 10.3. The number of aryl methyl sites for hydroxylation is 2. The van der Waals surface area contributed by atoms with Gasteiger partial charge in [-0.15, -0.1) is 0 Å². The number of anilines is 1. The summed E-state index contributed by atoms with van der Waals surface area (Å²) in [5.74, 6) is 0.229. The first-order chi connectivity index (χ1) is 19.9. The number of nitrogens with one attached hydrogen (secondary N) is 1. The normalized spacial score (nSPS) is 19.5. The predicted octanol–water partition coefficient (Wildman–Crippen LogP) is 4.96. The van der Waals surface area contributed by atoms with Crippen molar-refractivity contribution >= 4 is 33.4 Å². The van der Waals surface area contributed by atoms with Gasteiger partial charge in [0, 0.05) is 36.8 Å². The molecule has 1 saturated heterocycles. The third kappa shape index (κ3) is 5.31. The number of pyridine rings is 1. The van der Waals surface area contributed by atoms with E-state index >= 15 is 4.39 Å². The molecule has 10 heteroatoms. The first-order valence-corrected chi connectivity index (χ1v) is 14.4. The van der Waals surface area contributed by atoms with Crippen LogP contribution in [0.25, 0.3) is 32.9 Å². The van der Waals surface area contributed by atoms with E-state index < -0.39 is 11.1 Å². The maximum atomic E-state index is 15.4. The van der Waals surface area contributed by atoms with E-state index in [4.69, 9.17) is 19.7 Å². The molecule has 0 saturated carbocycles. The molecule has 1 atom stereocenters. The molecule has 2 aromatic heterocycles. The lowest BCUT2D eigenvalue weighted by molar-refractivity contribution is -0.123. The highest BCUT2D eigenvalue weighted by Crippen LogP contribution is 2.40. The third-order valence-electron chi connectivity index (χ3n) is 8.17. The fraction of sp³-hybridized carbons (Fsp3) is 0.438. The Balaban J connectivity index is 1.64. The van der Waals surface area contributed by atoms with Gasteiger partial charge in [-0.3, -0.25) is 9.78 Å². The summed E-state index contributed by atoms with van der Waals surface area (Å²) in [6.45, 7) is 8.48. The molecular formula is C32H36FN5O4. The zero-order chi connectivity index (χ0) is 29.8. The molecule has 4 aromatic rings. The fourth-order valence-corrected chi connectivity index (χ4v) is 6.28. The van der Waals surface area contributed by atoms with Crippen LogP contribution in [0.1, 0.15) is 57.6 Å². The van der Waals surface area contributed by atoms with E-state index in [-0.39, 0.29) is 36.5 Å². The minimum atomic E-state index is -1.10. The molecule has 3 aliphatic rings. The number of piperidine rings is 1. The monoisotopic (exact) mass is 573 g/mol. The van der Waals surface area contributed by atoms with Gasteiger partial charge in [0.05, 0.1) is 27.7 Å². The van der Waals surface area contributed by atoms with Crippen LogP contribution in [-0.4, -0.2) is 61.9 Å². The number of halogens is 1. The van der Waals surface area contributed by atoms with Gasteiger partial charge in [-0.2, -0.15) is 9.97 Å². The Kier molecular flexibility index (Phi) is 6.92. The van der Waals surface area contributed by atoms with Gasteiger partial charge in [0.1, 0.15) is 24.0 Å². The second-order valence-corrected chi connectivity index (χ2v) is 12.5. The van der Waals surface area contributed by atoms with E-state index in [1.165, 1.54) is 6.07 Å². The average Bonchev–Trinajstić information content (AvgIpc) is 2.91. The number of ether oxygens (including phenoxy) is 1. The molecule has 5 heterocycles. The predicted molar refractivity (Wildman–Crippen MR) is 159 cm³/mol. The minimum absolute atomic E-state index is 0.0114. The summed E-state index contributed by atoms with van der Waals surface area (Å²) in [4.78, 5) is 29.7. The number of amides is 1. The molecule has 1 fully saturated rings. The van der Waals surface area contributed by atoms with E-state index in [1.54, 1.807) is 38.2 Å². The molecule has 9 nitrogen and oxygen atoms in total. The zero-order valence-corrected chi connectivity index (χ0v) is 24.4. The Morgan fingerprint density at radius 2 is 2.00 bits per heavy atom. The molecule has 1 amide bonds. The molecule has 220 valence electrons. The molecule has 42 heavy (non-hydrogen) atoms. The SMILES string of the molecule is Cc1c2ncc3c(nc(OCC(C)(C)O)nc13)N1CCC[C@](C)(C1)NC(=O)CCCc1c(F)ccc3cc(O)cc-2c13. The molecule has 6 bridgehead atoms. The van der Waals surface area contributed by atoms with Gasteiger partial charge in [-0.25, -0.2) is 4.39 Å². The van der Waals surface area contributed by atoms with Crippen molar-refractivity contribution in [2.45, 2.75) is 70.9 Å². The van der Waals surface area contributed by atoms with Gasteiger partial charge >= 0.3 is 6.01 Å². The highest BCUT2D eigenvalue weighted by atomic mass is 19.1. The topological polar surface area (TPSA) is 121 Å². The summed E-state index contributed by atoms with van der Waals surface area (Å²) in [7, 11) is 0. The smallest absolute Gasteiger partial charge is 0.319 e. The van der Waals surface area contributed by atoms with Gasteiger partial charge in [0.25, 0.3) is 0 Å². The van der Waals surface area contributed by atoms with E-state index in [0.717, 1.165) is 24.9 Å². The molecule has 3 N–H and O–H groups in total. The Morgan fingerprint density at radius 1 is 1.19 bits per heavy atom. The van der Waals surface area contributed by atoms with Crippen LogP contribution in [0.15, 0.2) is 30.5 Å². The number of aliphatic hydroxyl groups is 1. The van der Waals surface area contributed by atoms with Crippen molar-refractivity contribution < 1.29 is 24.1 Å². The number of aromatic hydroxyl groups is 1. The number of carbonyl (C=O) groups excluding carboxylic acids is 1. The summed E-state index contributed by atoms with van der Waals surface area (Å²) in [6.07, 6.45) is 4.45. The molecule has 0 unspecified atom stereocenters. The molecular weight excluding hydrogens is 537 g/mol. The molecule has 7 rings (SSSR count). The minimum Gasteiger partial charge on any atom is -0.508 e. The van der Waals surface area contributed by atoms with Crippen LogP contribution >= 0.6 is 0 Å². The van der Waals surface area contributed by atoms with E-state index in [1.807, 2.05) is 13.8 Å². The van der Waals surface area contributed by atoms with Crippen molar-refractivity contribution in [3.05, 3.63) is 47.4 Å². The standard InChI is InChI=1S/C32H36FN5O4/c1-18-27-22-14-20(39)13-19-9-10-24(33)21(26(19)22)7-5-8-25(40)37-32(4)11-6-12-38(16-32)29-23(15-34-27)28(18)35-30(36-29)42-17-31(2,3)41/h9-10,13-15,39,41H,5-8,11-12,16-17H2,1-4H3,(H,37,40)/t32-/m1/s1. The van der Waals surface area contributed by atoms with Crippen LogP contribution in [0.2, 0.25) is 0 Å². The summed E-state index contributed by atoms with van der Waals surface area (Å²) >= 11 is 0. The van der Waals surface area contributed by atoms with Crippen molar-refractivity contribution in [1.29, 1.82) is 0 Å². The summed E-state index contributed by atoms with van der Waals surface area (Å²) < 4.78 is 21.3. The Morgan fingerprint density at radius 3 is 2.79 bits per heavy atom. The van der Waals surface area contributed by atoms with Gasteiger partial charge in [-0.05, 0) is 87.9 Å². The number of benzene rings is 2. The lowest BCUT2D eigenvalue weighted by atomic mass is 9.89. The maximum Gasteiger partial charge on any atom is 0.319 e. The highest BCUT2D eigenvalue weighted by Gasteiger charge is 2.34. The number of hydrogen-bond donors (Lipinski definition) is 3. The quantitative estimate of drug-likeness (QED) is 0.315. The van der Waals surface area contributed by atoms with Gasteiger partial charge in [0.15, 0.2) is 0 Å². The van der Waals surface area contributed by atoms with Crippen LogP contribution in [0.3, 0.4) is 0 Å². The summed E-state index contributed by atoms with van der Waals surface area (Å²) in [5.41, 5.74) is 1.37. The Labute approximate surface area is 243 Å². The number of aromatic nitrogens is 3. The third-order valence-corrected chi connectivity index (χ3v) is 8.17. The molecule has 2 aromatic carbocycles. The van der Waals surface area contributed by atoms with Crippen molar-refractivity contribution in [3.8, 4) is 23.0 Å². The number of carbonyl (C=O) groups is 1. The average molecular weight is 574 g/mol. The molecule has 0 spiro atoms. The van der Waals surface area contributed by atoms with E-state index in [9.17, 15) is 15.0 Å². The molecule has 3 aliphatic heterocycles. The number of hydrogen-bond acceptors (Lipinski definition) is 8. The van der Waals surface area contributed by atoms with Gasteiger partial charge < -0.3 is 25.2 Å². The fourth-order valence-electron chi connectivity index (χ4n) is 6.28. The number of rotatable bonds is 3. The Hall–Kier alpha value is -4.05. The van der Waals surface area contributed by atoms with E-state index in [2.05, 4.69) is 10.2 Å². The first kappa shape index (κ1) is 28.1. The highest BCUT2D eigenvalue weighted by molar-refractivity contribution is 6.03. The Bertz CT molecular complexity index is 1720. The van der Waals surface area contributed by atoms with Crippen LogP contribution in [0.4, 0.5) is 10.2 Å². The van der Waals surface area contributed by atoms with Crippen molar-refractivity contribution in [2.75, 3.05) is 24.6 Å².